The van der Waals surface area contributed by atoms with Crippen molar-refractivity contribution in [2.24, 2.45) is 23.7 Å². The average Bonchev–Trinajstić information content (AvgIpc) is 3.08. The SMILES string of the molecule is CCC1CC(CCC2CC(C(=O)O)C(CC)O2)C(C(=O)O)C1. The lowest BCUT2D eigenvalue weighted by Crippen LogP contribution is -2.22. The fourth-order valence-electron chi connectivity index (χ4n) is 4.25. The van der Waals surface area contributed by atoms with Crippen LogP contribution in [-0.2, 0) is 14.3 Å². The molecule has 1 saturated heterocycles. The molecule has 1 aliphatic carbocycles. The molecule has 0 bridgehead atoms. The molecule has 5 heteroatoms. The van der Waals surface area contributed by atoms with Gasteiger partial charge < -0.3 is 14.9 Å². The molecular weight excluding hydrogens is 284 g/mol. The summed E-state index contributed by atoms with van der Waals surface area (Å²) in [7, 11) is 0. The van der Waals surface area contributed by atoms with Crippen LogP contribution in [0.4, 0.5) is 0 Å². The van der Waals surface area contributed by atoms with Crippen LogP contribution < -0.4 is 0 Å². The first-order valence-corrected chi connectivity index (χ1v) is 8.57. The first kappa shape index (κ1) is 17.3. The minimum absolute atomic E-state index is 0.0267. The zero-order chi connectivity index (χ0) is 16.3. The van der Waals surface area contributed by atoms with Crippen molar-refractivity contribution in [1.82, 2.24) is 0 Å². The third-order valence-corrected chi connectivity index (χ3v) is 5.60. The molecule has 1 aliphatic heterocycles. The lowest BCUT2D eigenvalue weighted by molar-refractivity contribution is -0.144. The summed E-state index contributed by atoms with van der Waals surface area (Å²) < 4.78 is 5.86. The predicted molar refractivity (Wildman–Crippen MR) is 81.6 cm³/mol. The summed E-state index contributed by atoms with van der Waals surface area (Å²) in [5.74, 6) is -1.35. The summed E-state index contributed by atoms with van der Waals surface area (Å²) in [6, 6.07) is 0. The lowest BCUT2D eigenvalue weighted by Gasteiger charge is -2.18. The summed E-state index contributed by atoms with van der Waals surface area (Å²) in [5.41, 5.74) is 0. The van der Waals surface area contributed by atoms with E-state index in [0.717, 1.165) is 32.1 Å². The van der Waals surface area contributed by atoms with Gasteiger partial charge in [0.1, 0.15) is 0 Å². The molecule has 0 aromatic rings. The van der Waals surface area contributed by atoms with Crippen LogP contribution in [0.5, 0.6) is 0 Å². The highest BCUT2D eigenvalue weighted by Crippen LogP contribution is 2.42. The standard InChI is InChI=1S/C17H28O5/c1-3-10-7-11(13(8-10)16(18)19)5-6-12-9-14(17(20)21)15(4-2)22-12/h10-15H,3-9H2,1-2H3,(H,18,19)(H,20,21). The maximum absolute atomic E-state index is 11.4. The summed E-state index contributed by atoms with van der Waals surface area (Å²) in [6.07, 6.45) is 5.50. The van der Waals surface area contributed by atoms with Crippen LogP contribution in [0.2, 0.25) is 0 Å². The Balaban J connectivity index is 1.87. The average molecular weight is 312 g/mol. The Labute approximate surface area is 132 Å². The van der Waals surface area contributed by atoms with Gasteiger partial charge in [-0.25, -0.2) is 0 Å². The smallest absolute Gasteiger partial charge is 0.309 e. The zero-order valence-electron chi connectivity index (χ0n) is 13.5. The third kappa shape index (κ3) is 3.80. The highest BCUT2D eigenvalue weighted by atomic mass is 16.5. The summed E-state index contributed by atoms with van der Waals surface area (Å²) in [6.45, 7) is 4.07. The molecule has 5 nitrogen and oxygen atoms in total. The molecule has 6 unspecified atom stereocenters. The molecule has 126 valence electrons. The predicted octanol–water partition coefficient (Wildman–Crippen LogP) is 3.17. The Morgan fingerprint density at radius 3 is 2.14 bits per heavy atom. The Morgan fingerprint density at radius 1 is 0.955 bits per heavy atom. The van der Waals surface area contributed by atoms with Gasteiger partial charge in [0, 0.05) is 0 Å². The molecule has 0 aromatic heterocycles. The van der Waals surface area contributed by atoms with E-state index >= 15 is 0 Å². The molecule has 1 heterocycles. The van der Waals surface area contributed by atoms with E-state index in [-0.39, 0.29) is 24.0 Å². The van der Waals surface area contributed by atoms with Crippen molar-refractivity contribution in [3.05, 3.63) is 0 Å². The van der Waals surface area contributed by atoms with Crippen LogP contribution in [0.3, 0.4) is 0 Å². The highest BCUT2D eigenvalue weighted by molar-refractivity contribution is 5.71. The van der Waals surface area contributed by atoms with E-state index in [1.54, 1.807) is 0 Å². The van der Waals surface area contributed by atoms with Crippen molar-refractivity contribution in [3.8, 4) is 0 Å². The van der Waals surface area contributed by atoms with E-state index in [1.807, 2.05) is 6.92 Å². The van der Waals surface area contributed by atoms with E-state index in [2.05, 4.69) is 6.92 Å². The second-order valence-electron chi connectivity index (χ2n) is 6.91. The van der Waals surface area contributed by atoms with Crippen molar-refractivity contribution < 1.29 is 24.5 Å². The van der Waals surface area contributed by atoms with Gasteiger partial charge in [-0.05, 0) is 50.4 Å². The molecule has 0 aromatic carbocycles. The molecule has 2 fully saturated rings. The van der Waals surface area contributed by atoms with Gasteiger partial charge in [-0.1, -0.05) is 20.3 Å². The number of carbonyl (C=O) groups is 2. The molecule has 6 atom stereocenters. The van der Waals surface area contributed by atoms with Gasteiger partial charge in [-0.2, -0.15) is 0 Å². The van der Waals surface area contributed by atoms with Gasteiger partial charge in [-0.15, -0.1) is 0 Å². The molecular formula is C17H28O5. The fraction of sp³-hybridized carbons (Fsp3) is 0.882. The first-order valence-electron chi connectivity index (χ1n) is 8.57. The van der Waals surface area contributed by atoms with Gasteiger partial charge in [-0.3, -0.25) is 9.59 Å². The lowest BCUT2D eigenvalue weighted by atomic mass is 9.89. The quantitative estimate of drug-likeness (QED) is 0.754. The maximum atomic E-state index is 11.4. The van der Waals surface area contributed by atoms with Crippen LogP contribution in [0, 0.1) is 23.7 Å². The zero-order valence-corrected chi connectivity index (χ0v) is 13.5. The van der Waals surface area contributed by atoms with E-state index < -0.39 is 17.9 Å². The van der Waals surface area contributed by atoms with Crippen molar-refractivity contribution in [1.29, 1.82) is 0 Å². The number of ether oxygens (including phenoxy) is 1. The minimum atomic E-state index is -0.773. The Bertz CT molecular complexity index is 408. The number of hydrogen-bond acceptors (Lipinski definition) is 3. The van der Waals surface area contributed by atoms with Crippen LogP contribution in [0.1, 0.15) is 58.8 Å². The van der Waals surface area contributed by atoms with E-state index in [1.165, 1.54) is 0 Å². The number of carboxylic acids is 2. The second kappa shape index (κ2) is 7.44. The second-order valence-corrected chi connectivity index (χ2v) is 6.91. The number of hydrogen-bond donors (Lipinski definition) is 2. The number of carboxylic acid groups (broad SMARTS) is 2. The molecule has 0 amide bonds. The largest absolute Gasteiger partial charge is 0.481 e. The van der Waals surface area contributed by atoms with Crippen LogP contribution >= 0.6 is 0 Å². The van der Waals surface area contributed by atoms with E-state index in [4.69, 9.17) is 4.74 Å². The van der Waals surface area contributed by atoms with E-state index in [0.29, 0.717) is 18.8 Å². The summed E-state index contributed by atoms with van der Waals surface area (Å²) in [4.78, 5) is 22.6. The van der Waals surface area contributed by atoms with Crippen molar-refractivity contribution in [3.63, 3.8) is 0 Å². The molecule has 1 saturated carbocycles. The number of rotatable bonds is 7. The van der Waals surface area contributed by atoms with Crippen molar-refractivity contribution >= 4 is 11.9 Å². The molecule has 22 heavy (non-hydrogen) atoms. The third-order valence-electron chi connectivity index (χ3n) is 5.60. The van der Waals surface area contributed by atoms with Crippen LogP contribution in [0.25, 0.3) is 0 Å². The molecule has 0 spiro atoms. The Kier molecular flexibility index (Phi) is 5.84. The van der Waals surface area contributed by atoms with Gasteiger partial charge >= 0.3 is 11.9 Å². The number of aliphatic carboxylic acids is 2. The van der Waals surface area contributed by atoms with Gasteiger partial charge in [0.25, 0.3) is 0 Å². The van der Waals surface area contributed by atoms with E-state index in [9.17, 15) is 19.8 Å². The minimum Gasteiger partial charge on any atom is -0.481 e. The summed E-state index contributed by atoms with van der Waals surface area (Å²) >= 11 is 0. The van der Waals surface area contributed by atoms with Crippen LogP contribution in [-0.4, -0.2) is 34.4 Å². The van der Waals surface area contributed by atoms with Crippen LogP contribution in [0.15, 0.2) is 0 Å². The Hall–Kier alpha value is -1.10. The Morgan fingerprint density at radius 2 is 1.64 bits per heavy atom. The topological polar surface area (TPSA) is 83.8 Å². The first-order chi connectivity index (χ1) is 10.5. The highest BCUT2D eigenvalue weighted by Gasteiger charge is 2.41. The van der Waals surface area contributed by atoms with Gasteiger partial charge in [0.15, 0.2) is 0 Å². The van der Waals surface area contributed by atoms with Gasteiger partial charge in [0.2, 0.25) is 0 Å². The monoisotopic (exact) mass is 312 g/mol. The summed E-state index contributed by atoms with van der Waals surface area (Å²) in [5, 5.41) is 18.6. The molecule has 0 radical (unpaired) electrons. The normalized spacial score (nSPS) is 38.3. The maximum Gasteiger partial charge on any atom is 0.309 e. The van der Waals surface area contributed by atoms with Crippen molar-refractivity contribution in [2.45, 2.75) is 71.0 Å². The molecule has 2 N–H and O–H groups in total. The fourth-order valence-corrected chi connectivity index (χ4v) is 4.25. The molecule has 2 rings (SSSR count). The van der Waals surface area contributed by atoms with Gasteiger partial charge in [0.05, 0.1) is 24.0 Å². The molecule has 2 aliphatic rings. The van der Waals surface area contributed by atoms with Crippen molar-refractivity contribution in [2.75, 3.05) is 0 Å².